The van der Waals surface area contributed by atoms with Gasteiger partial charge in [-0.15, -0.1) is 0 Å². The van der Waals surface area contributed by atoms with E-state index in [0.29, 0.717) is 18.8 Å². The van der Waals surface area contributed by atoms with Crippen molar-refractivity contribution in [3.05, 3.63) is 125 Å². The molecule has 0 aromatic heterocycles. The lowest BCUT2D eigenvalue weighted by molar-refractivity contribution is 0.0660. The average molecular weight is 496 g/mol. The minimum atomic E-state index is -1.11. The Labute approximate surface area is 218 Å². The molecule has 0 aliphatic heterocycles. The predicted octanol–water partition coefficient (Wildman–Crippen LogP) is 6.21. The first-order chi connectivity index (χ1) is 17.8. The number of hydrogen-bond acceptors (Lipinski definition) is 4. The number of hydrogen-bond donors (Lipinski definition) is 2. The van der Waals surface area contributed by atoms with E-state index in [4.69, 9.17) is 9.84 Å². The first kappa shape index (κ1) is 26.1. The fraction of sp³-hybridized carbons (Fsp3) is 0.219. The normalized spacial score (nSPS) is 12.8. The molecule has 0 amide bonds. The molecule has 5 nitrogen and oxygen atoms in total. The molecule has 4 aromatic rings. The molecule has 4 rings (SSSR count). The van der Waals surface area contributed by atoms with Crippen molar-refractivity contribution in [2.45, 2.75) is 25.0 Å². The van der Waals surface area contributed by atoms with Crippen molar-refractivity contribution in [3.8, 4) is 16.9 Å². The summed E-state index contributed by atoms with van der Waals surface area (Å²) < 4.78 is 6.15. The molecule has 0 unspecified atom stereocenters. The third-order valence-electron chi connectivity index (χ3n) is 6.50. The number of carboxylic acids is 1. The molecule has 0 saturated carbocycles. The lowest BCUT2D eigenvalue weighted by Gasteiger charge is -2.30. The largest absolute Gasteiger partial charge is 0.489 e. The summed E-state index contributed by atoms with van der Waals surface area (Å²) in [5.41, 5.74) is 3.76. The maximum Gasteiger partial charge on any atom is 0.335 e. The number of aliphatic hydroxyl groups is 1. The van der Waals surface area contributed by atoms with E-state index in [0.717, 1.165) is 40.8 Å². The van der Waals surface area contributed by atoms with Gasteiger partial charge in [0.25, 0.3) is 0 Å². The van der Waals surface area contributed by atoms with Gasteiger partial charge in [-0.05, 0) is 91.6 Å². The van der Waals surface area contributed by atoms with E-state index in [1.165, 1.54) is 0 Å². The Balaban J connectivity index is 1.51. The van der Waals surface area contributed by atoms with Crippen LogP contribution >= 0.6 is 0 Å². The van der Waals surface area contributed by atoms with Crippen molar-refractivity contribution in [1.29, 1.82) is 0 Å². The van der Waals surface area contributed by atoms with Crippen molar-refractivity contribution in [2.75, 3.05) is 20.6 Å². The van der Waals surface area contributed by atoms with Gasteiger partial charge in [-0.3, -0.25) is 0 Å². The van der Waals surface area contributed by atoms with E-state index in [9.17, 15) is 9.90 Å². The Hall–Kier alpha value is -3.93. The summed E-state index contributed by atoms with van der Waals surface area (Å²) in [7, 11) is 4.08. The second kappa shape index (κ2) is 11.9. The Morgan fingerprint density at radius 1 is 0.811 bits per heavy atom. The summed E-state index contributed by atoms with van der Waals surface area (Å²) in [6.45, 7) is 1.26. The molecule has 0 aliphatic rings. The molecule has 0 heterocycles. The Morgan fingerprint density at radius 3 is 2.22 bits per heavy atom. The maximum atomic E-state index is 11.9. The summed E-state index contributed by atoms with van der Waals surface area (Å²) in [6, 6.07) is 32.4. The Morgan fingerprint density at radius 2 is 1.51 bits per heavy atom. The van der Waals surface area contributed by atoms with Gasteiger partial charge in [0.15, 0.2) is 0 Å². The van der Waals surface area contributed by atoms with Crippen LogP contribution in [0.2, 0.25) is 0 Å². The number of nitrogens with zero attached hydrogens (tertiary/aromatic N) is 1. The van der Waals surface area contributed by atoms with Crippen LogP contribution in [-0.2, 0) is 12.2 Å². The molecule has 0 aliphatic carbocycles. The molecule has 5 heteroatoms. The standard InChI is InChI=1S/C32H33NO4/c1-33(2)20-8-19-32(36,28-11-4-3-5-12-28)29-13-7-14-30(22-29)37-23-24-9-6-10-27(21-24)25-15-17-26(18-16-25)31(34)35/h3-7,9-18,21-22,36H,8,19-20,23H2,1-2H3,(H,34,35)/t32-/m0/s1. The van der Waals surface area contributed by atoms with Crippen LogP contribution in [0, 0.1) is 0 Å². The molecule has 1 atom stereocenters. The number of carbonyl (C=O) groups is 1. The molecule has 0 spiro atoms. The van der Waals surface area contributed by atoms with Crippen LogP contribution in [0.5, 0.6) is 5.75 Å². The molecule has 4 aromatic carbocycles. The van der Waals surface area contributed by atoms with Gasteiger partial charge >= 0.3 is 5.97 Å². The van der Waals surface area contributed by atoms with Gasteiger partial charge < -0.3 is 19.8 Å². The van der Waals surface area contributed by atoms with Gasteiger partial charge in [-0.2, -0.15) is 0 Å². The second-order valence-electron chi connectivity index (χ2n) is 9.53. The van der Waals surface area contributed by atoms with Gasteiger partial charge in [0.2, 0.25) is 0 Å². The van der Waals surface area contributed by atoms with Gasteiger partial charge in [-0.1, -0.05) is 72.8 Å². The van der Waals surface area contributed by atoms with E-state index >= 15 is 0 Å². The highest BCUT2D eigenvalue weighted by Crippen LogP contribution is 2.36. The number of aromatic carboxylic acids is 1. The molecule has 2 N–H and O–H groups in total. The van der Waals surface area contributed by atoms with Crippen molar-refractivity contribution in [2.24, 2.45) is 0 Å². The van der Waals surface area contributed by atoms with Crippen molar-refractivity contribution in [3.63, 3.8) is 0 Å². The molecule has 0 fully saturated rings. The van der Waals surface area contributed by atoms with E-state index in [1.807, 2.05) is 105 Å². The van der Waals surface area contributed by atoms with Crippen molar-refractivity contribution < 1.29 is 19.7 Å². The Kier molecular flexibility index (Phi) is 8.39. The minimum Gasteiger partial charge on any atom is -0.489 e. The predicted molar refractivity (Wildman–Crippen MR) is 147 cm³/mol. The number of benzene rings is 4. The molecule has 190 valence electrons. The van der Waals surface area contributed by atoms with Crippen LogP contribution in [0.25, 0.3) is 11.1 Å². The SMILES string of the molecule is CN(C)CCC[C@](O)(c1ccccc1)c1cccc(OCc2cccc(-c3ccc(C(=O)O)cc3)c2)c1. The van der Waals surface area contributed by atoms with Crippen molar-refractivity contribution in [1.82, 2.24) is 4.90 Å². The zero-order valence-corrected chi connectivity index (χ0v) is 21.3. The van der Waals surface area contributed by atoms with Crippen LogP contribution in [0.15, 0.2) is 103 Å². The number of rotatable bonds is 11. The van der Waals surface area contributed by atoms with Crippen LogP contribution < -0.4 is 4.74 Å². The minimum absolute atomic E-state index is 0.264. The molecular formula is C32H33NO4. The smallest absolute Gasteiger partial charge is 0.335 e. The Bertz CT molecular complexity index is 1320. The molecule has 0 radical (unpaired) electrons. The molecular weight excluding hydrogens is 462 g/mol. The monoisotopic (exact) mass is 495 g/mol. The molecule has 37 heavy (non-hydrogen) atoms. The lowest BCUT2D eigenvalue weighted by Crippen LogP contribution is -2.29. The van der Waals surface area contributed by atoms with E-state index in [1.54, 1.807) is 12.1 Å². The summed E-state index contributed by atoms with van der Waals surface area (Å²) in [4.78, 5) is 13.3. The van der Waals surface area contributed by atoms with Gasteiger partial charge in [-0.25, -0.2) is 4.79 Å². The topological polar surface area (TPSA) is 70.0 Å². The first-order valence-electron chi connectivity index (χ1n) is 12.4. The van der Waals surface area contributed by atoms with Crippen LogP contribution in [0.4, 0.5) is 0 Å². The van der Waals surface area contributed by atoms with Crippen LogP contribution in [0.1, 0.15) is 39.9 Å². The quantitative estimate of drug-likeness (QED) is 0.259. The van der Waals surface area contributed by atoms with Crippen molar-refractivity contribution >= 4 is 5.97 Å². The molecule has 0 saturated heterocycles. The van der Waals surface area contributed by atoms with Gasteiger partial charge in [0.1, 0.15) is 18.0 Å². The second-order valence-corrected chi connectivity index (χ2v) is 9.53. The summed E-state index contributed by atoms with van der Waals surface area (Å²) in [6.07, 6.45) is 1.45. The van der Waals surface area contributed by atoms with Crippen LogP contribution in [0.3, 0.4) is 0 Å². The van der Waals surface area contributed by atoms with E-state index in [2.05, 4.69) is 4.90 Å². The third kappa shape index (κ3) is 6.64. The van der Waals surface area contributed by atoms with Gasteiger partial charge in [0.05, 0.1) is 5.56 Å². The average Bonchev–Trinajstić information content (AvgIpc) is 2.92. The number of carboxylic acid groups (broad SMARTS) is 1. The maximum absolute atomic E-state index is 11.9. The summed E-state index contributed by atoms with van der Waals surface area (Å²) in [5.74, 6) is -0.247. The van der Waals surface area contributed by atoms with Crippen LogP contribution in [-0.4, -0.2) is 41.7 Å². The zero-order valence-electron chi connectivity index (χ0n) is 21.3. The van der Waals surface area contributed by atoms with E-state index in [-0.39, 0.29) is 5.56 Å². The summed E-state index contributed by atoms with van der Waals surface area (Å²) >= 11 is 0. The zero-order chi connectivity index (χ0) is 26.3. The van der Waals surface area contributed by atoms with Gasteiger partial charge in [0, 0.05) is 0 Å². The fourth-order valence-corrected chi connectivity index (χ4v) is 4.48. The number of ether oxygens (including phenoxy) is 1. The molecule has 0 bridgehead atoms. The fourth-order valence-electron chi connectivity index (χ4n) is 4.48. The highest BCUT2D eigenvalue weighted by Gasteiger charge is 2.31. The van der Waals surface area contributed by atoms with E-state index < -0.39 is 11.6 Å². The third-order valence-corrected chi connectivity index (χ3v) is 6.50. The highest BCUT2D eigenvalue weighted by atomic mass is 16.5. The summed E-state index contributed by atoms with van der Waals surface area (Å²) in [5, 5.41) is 21.0. The first-order valence-corrected chi connectivity index (χ1v) is 12.4. The highest BCUT2D eigenvalue weighted by molar-refractivity contribution is 5.88. The lowest BCUT2D eigenvalue weighted by atomic mass is 9.82.